The molecule has 3 nitrogen and oxygen atoms in total. The summed E-state index contributed by atoms with van der Waals surface area (Å²) in [6, 6.07) is -0.808. The lowest BCUT2D eigenvalue weighted by atomic mass is 10.1. The third-order valence-electron chi connectivity index (χ3n) is 1.73. The summed E-state index contributed by atoms with van der Waals surface area (Å²) in [5.41, 5.74) is 0. The number of nitrogens with one attached hydrogen (secondary N) is 2. The average molecular weight is 146 g/mol. The summed E-state index contributed by atoms with van der Waals surface area (Å²) in [5, 5.41) is 4.65. The number of rotatable bonds is 1. The van der Waals surface area contributed by atoms with Crippen molar-refractivity contribution in [2.45, 2.75) is 32.1 Å². The first kappa shape index (κ1) is 7.31. The second-order valence-electron chi connectivity index (χ2n) is 2.63. The number of carbonyl (C=O) groups is 1. The third-order valence-corrected chi connectivity index (χ3v) is 1.73. The monoisotopic (exact) mass is 146 g/mol. The molecule has 0 unspecified atom stereocenters. The maximum atomic E-state index is 13.1. The van der Waals surface area contributed by atoms with Gasteiger partial charge in [-0.25, -0.2) is 9.18 Å². The van der Waals surface area contributed by atoms with Crippen LogP contribution in [0.2, 0.25) is 0 Å². The fourth-order valence-electron chi connectivity index (χ4n) is 1.12. The summed E-state index contributed by atoms with van der Waals surface area (Å²) in [7, 11) is 0. The predicted octanol–water partition coefficient (Wildman–Crippen LogP) is 0.764. The zero-order chi connectivity index (χ0) is 7.78. The molecule has 4 heteroatoms. The number of amides is 2. The highest BCUT2D eigenvalue weighted by molar-refractivity contribution is 5.77. The SMILES string of the molecule is CC[C@@H]1NC(=O)N[C@@]1(C)F. The van der Waals surface area contributed by atoms with Crippen LogP contribution in [-0.4, -0.2) is 17.9 Å². The largest absolute Gasteiger partial charge is 0.330 e. The minimum absolute atomic E-state index is 0.389. The topological polar surface area (TPSA) is 41.1 Å². The van der Waals surface area contributed by atoms with Crippen LogP contribution < -0.4 is 10.6 Å². The van der Waals surface area contributed by atoms with Crippen LogP contribution >= 0.6 is 0 Å². The van der Waals surface area contributed by atoms with Gasteiger partial charge in [0.1, 0.15) is 0 Å². The van der Waals surface area contributed by atoms with Crippen molar-refractivity contribution in [3.8, 4) is 0 Å². The van der Waals surface area contributed by atoms with Crippen LogP contribution in [0.25, 0.3) is 0 Å². The molecular weight excluding hydrogens is 135 g/mol. The fraction of sp³-hybridized carbons (Fsp3) is 0.833. The summed E-state index contributed by atoms with van der Waals surface area (Å²) < 4.78 is 13.1. The molecule has 1 aliphatic rings. The Labute approximate surface area is 59.0 Å². The van der Waals surface area contributed by atoms with Crippen molar-refractivity contribution in [3.05, 3.63) is 0 Å². The van der Waals surface area contributed by atoms with Gasteiger partial charge in [0.2, 0.25) is 5.79 Å². The van der Waals surface area contributed by atoms with E-state index in [1.165, 1.54) is 6.92 Å². The smallest absolute Gasteiger partial charge is 0.317 e. The highest BCUT2D eigenvalue weighted by Gasteiger charge is 2.41. The Morgan fingerprint density at radius 1 is 1.80 bits per heavy atom. The van der Waals surface area contributed by atoms with Gasteiger partial charge in [0.25, 0.3) is 0 Å². The first-order chi connectivity index (χ1) is 4.56. The van der Waals surface area contributed by atoms with Gasteiger partial charge in [-0.15, -0.1) is 0 Å². The third kappa shape index (κ3) is 1.05. The molecule has 1 fully saturated rings. The molecule has 1 saturated heterocycles. The van der Waals surface area contributed by atoms with E-state index in [0.717, 1.165) is 0 Å². The fourth-order valence-corrected chi connectivity index (χ4v) is 1.12. The Kier molecular flexibility index (Phi) is 1.54. The molecular formula is C6H11FN2O. The number of urea groups is 1. The summed E-state index contributed by atoms with van der Waals surface area (Å²) in [5.74, 6) is -1.58. The predicted molar refractivity (Wildman–Crippen MR) is 35.3 cm³/mol. The van der Waals surface area contributed by atoms with E-state index in [4.69, 9.17) is 0 Å². The molecule has 58 valence electrons. The maximum Gasteiger partial charge on any atom is 0.317 e. The lowest BCUT2D eigenvalue weighted by Gasteiger charge is -2.18. The standard InChI is InChI=1S/C6H11FN2O/c1-3-4-6(2,7)9-5(10)8-4/h4H,3H2,1-2H3,(H2,8,9,10)/t4-,6+/m0/s1. The summed E-state index contributed by atoms with van der Waals surface area (Å²) in [4.78, 5) is 10.6. The molecule has 1 rings (SSSR count). The van der Waals surface area contributed by atoms with E-state index in [9.17, 15) is 9.18 Å². The Hall–Kier alpha value is -0.800. The van der Waals surface area contributed by atoms with E-state index >= 15 is 0 Å². The van der Waals surface area contributed by atoms with Crippen LogP contribution in [0.4, 0.5) is 9.18 Å². The molecule has 0 aromatic heterocycles. The van der Waals surface area contributed by atoms with Gasteiger partial charge in [-0.3, -0.25) is 0 Å². The van der Waals surface area contributed by atoms with E-state index in [1.807, 2.05) is 6.92 Å². The zero-order valence-corrected chi connectivity index (χ0v) is 6.07. The highest BCUT2D eigenvalue weighted by Crippen LogP contribution is 2.18. The lowest BCUT2D eigenvalue weighted by molar-refractivity contribution is 0.139. The van der Waals surface area contributed by atoms with Gasteiger partial charge in [-0.1, -0.05) is 6.92 Å². The highest BCUT2D eigenvalue weighted by atomic mass is 19.1. The van der Waals surface area contributed by atoms with Crippen molar-refractivity contribution in [2.75, 3.05) is 0 Å². The summed E-state index contributed by atoms with van der Waals surface area (Å²) >= 11 is 0. The van der Waals surface area contributed by atoms with Crippen molar-refractivity contribution >= 4 is 6.03 Å². The van der Waals surface area contributed by atoms with Crippen LogP contribution in [-0.2, 0) is 0 Å². The van der Waals surface area contributed by atoms with Gasteiger partial charge < -0.3 is 10.6 Å². The van der Waals surface area contributed by atoms with E-state index in [0.29, 0.717) is 6.42 Å². The number of halogens is 1. The second-order valence-corrected chi connectivity index (χ2v) is 2.63. The van der Waals surface area contributed by atoms with Gasteiger partial charge in [0, 0.05) is 0 Å². The van der Waals surface area contributed by atoms with Gasteiger partial charge in [-0.05, 0) is 13.3 Å². The maximum absolute atomic E-state index is 13.1. The summed E-state index contributed by atoms with van der Waals surface area (Å²) in [6.07, 6.45) is 0.603. The van der Waals surface area contributed by atoms with Crippen LogP contribution in [0.3, 0.4) is 0 Å². The quantitative estimate of drug-likeness (QED) is 0.527. The van der Waals surface area contributed by atoms with E-state index in [1.54, 1.807) is 0 Å². The molecule has 0 radical (unpaired) electrons. The number of hydrogen-bond donors (Lipinski definition) is 2. The molecule has 1 heterocycles. The Morgan fingerprint density at radius 3 is 2.60 bits per heavy atom. The molecule has 2 atom stereocenters. The van der Waals surface area contributed by atoms with Crippen molar-refractivity contribution in [1.82, 2.24) is 10.6 Å². The number of carbonyl (C=O) groups excluding carboxylic acids is 1. The van der Waals surface area contributed by atoms with Crippen molar-refractivity contribution in [1.29, 1.82) is 0 Å². The van der Waals surface area contributed by atoms with Gasteiger partial charge in [0.15, 0.2) is 0 Å². The number of alkyl halides is 1. The molecule has 0 bridgehead atoms. The molecule has 10 heavy (non-hydrogen) atoms. The van der Waals surface area contributed by atoms with Crippen molar-refractivity contribution in [2.24, 2.45) is 0 Å². The van der Waals surface area contributed by atoms with E-state index < -0.39 is 11.8 Å². The Morgan fingerprint density at radius 2 is 2.40 bits per heavy atom. The molecule has 0 aliphatic carbocycles. The van der Waals surface area contributed by atoms with Gasteiger partial charge >= 0.3 is 6.03 Å². The molecule has 0 aromatic rings. The Bertz CT molecular complexity index is 158. The lowest BCUT2D eigenvalue weighted by Crippen LogP contribution is -2.41. The van der Waals surface area contributed by atoms with Crippen LogP contribution in [0.1, 0.15) is 20.3 Å². The molecule has 2 amide bonds. The zero-order valence-electron chi connectivity index (χ0n) is 6.07. The molecule has 0 spiro atoms. The van der Waals surface area contributed by atoms with Crippen LogP contribution in [0, 0.1) is 0 Å². The minimum atomic E-state index is -1.58. The molecule has 0 saturated carbocycles. The Balaban J connectivity index is 2.67. The number of hydrogen-bond acceptors (Lipinski definition) is 1. The van der Waals surface area contributed by atoms with Crippen molar-refractivity contribution in [3.63, 3.8) is 0 Å². The second kappa shape index (κ2) is 2.11. The molecule has 1 aliphatic heterocycles. The van der Waals surface area contributed by atoms with E-state index in [-0.39, 0.29) is 6.04 Å². The summed E-state index contributed by atoms with van der Waals surface area (Å²) in [6.45, 7) is 3.19. The first-order valence-corrected chi connectivity index (χ1v) is 3.34. The average Bonchev–Trinajstić information content (AvgIpc) is 2.04. The minimum Gasteiger partial charge on any atom is -0.330 e. The molecule has 2 N–H and O–H groups in total. The molecule has 0 aromatic carbocycles. The van der Waals surface area contributed by atoms with Gasteiger partial charge in [0.05, 0.1) is 6.04 Å². The van der Waals surface area contributed by atoms with Gasteiger partial charge in [-0.2, -0.15) is 0 Å². The van der Waals surface area contributed by atoms with E-state index in [2.05, 4.69) is 10.6 Å². The van der Waals surface area contributed by atoms with Crippen molar-refractivity contribution < 1.29 is 9.18 Å². The first-order valence-electron chi connectivity index (χ1n) is 3.34. The normalized spacial score (nSPS) is 39.1. The van der Waals surface area contributed by atoms with Crippen LogP contribution in [0.15, 0.2) is 0 Å². The van der Waals surface area contributed by atoms with Crippen LogP contribution in [0.5, 0.6) is 0 Å².